The minimum absolute atomic E-state index is 0.0365. The van der Waals surface area contributed by atoms with E-state index in [-0.39, 0.29) is 40.4 Å². The van der Waals surface area contributed by atoms with Gasteiger partial charge in [0, 0.05) is 29.8 Å². The summed E-state index contributed by atoms with van der Waals surface area (Å²) >= 11 is 6.24. The van der Waals surface area contributed by atoms with Crippen molar-refractivity contribution in [2.75, 3.05) is 5.32 Å². The lowest BCUT2D eigenvalue weighted by molar-refractivity contribution is -0.146. The summed E-state index contributed by atoms with van der Waals surface area (Å²) in [7, 11) is -4.13. The molecule has 7 nitrogen and oxygen atoms in total. The molecule has 0 radical (unpaired) electrons. The zero-order valence-corrected chi connectivity index (χ0v) is 23.6. The second-order valence-electron chi connectivity index (χ2n) is 10.9. The molecule has 5 atom stereocenters. The van der Waals surface area contributed by atoms with Gasteiger partial charge < -0.3 is 20.6 Å². The number of hydrogen-bond donors (Lipinski definition) is 4. The molecule has 1 fully saturated rings. The van der Waals surface area contributed by atoms with Crippen LogP contribution in [0.5, 0.6) is 0 Å². The van der Waals surface area contributed by atoms with E-state index in [1.165, 1.54) is 26.0 Å². The molecule has 0 aromatic heterocycles. The van der Waals surface area contributed by atoms with Gasteiger partial charge in [-0.3, -0.25) is 4.79 Å². The van der Waals surface area contributed by atoms with Crippen LogP contribution in [0.1, 0.15) is 63.7 Å². The average Bonchev–Trinajstić information content (AvgIpc) is 2.83. The molecule has 2 aromatic carbocycles. The van der Waals surface area contributed by atoms with E-state index in [0.29, 0.717) is 18.6 Å². The predicted molar refractivity (Wildman–Crippen MR) is 141 cm³/mol. The zero-order valence-electron chi connectivity index (χ0n) is 22.0. The Morgan fingerprint density at radius 3 is 2.31 bits per heavy atom. The van der Waals surface area contributed by atoms with Crippen LogP contribution in [0.2, 0.25) is 5.02 Å². The highest BCUT2D eigenvalue weighted by Gasteiger charge is 2.51. The summed E-state index contributed by atoms with van der Waals surface area (Å²) in [6.45, 7) is 6.34. The fraction of sp³-hybridized carbons (Fsp3) is 0.519. The molecule has 216 valence electrons. The van der Waals surface area contributed by atoms with E-state index < -0.39 is 67.6 Å². The number of halogens is 4. The largest absolute Gasteiger partial charge is 0.390 e. The summed E-state index contributed by atoms with van der Waals surface area (Å²) in [6.07, 6.45) is -0.871. The van der Waals surface area contributed by atoms with Gasteiger partial charge in [-0.05, 0) is 56.7 Å². The lowest BCUT2D eigenvalue weighted by Crippen LogP contribution is -2.55. The molecular formula is C27H33ClF3NO6S. The Hall–Kier alpha value is -2.18. The lowest BCUT2D eigenvalue weighted by atomic mass is 9.64. The maximum absolute atomic E-state index is 13.7. The van der Waals surface area contributed by atoms with Crippen molar-refractivity contribution in [2.24, 2.45) is 11.8 Å². The molecule has 1 saturated carbocycles. The Balaban J connectivity index is 1.89. The van der Waals surface area contributed by atoms with Gasteiger partial charge in [-0.15, -0.1) is 0 Å². The van der Waals surface area contributed by atoms with Gasteiger partial charge in [0.2, 0.25) is 0 Å². The van der Waals surface area contributed by atoms with Gasteiger partial charge in [0.1, 0.15) is 0 Å². The number of aliphatic hydroxyl groups excluding tert-OH is 1. The van der Waals surface area contributed by atoms with Gasteiger partial charge in [0.25, 0.3) is 5.91 Å². The number of amides is 1. The van der Waals surface area contributed by atoms with Crippen molar-refractivity contribution in [3.05, 3.63) is 58.4 Å². The van der Waals surface area contributed by atoms with E-state index in [1.54, 1.807) is 13.8 Å². The summed E-state index contributed by atoms with van der Waals surface area (Å²) in [4.78, 5) is 12.4. The SMILES string of the molecule is CCC1C[C@@H](S(=O)(=O)c2cc(C(=O)Nc3cc(F)c(F)c(F)c3)ccc2Cl)C[C@H](C)[C@@]1(O)CC(O)C(C)(C)O. The molecule has 39 heavy (non-hydrogen) atoms. The summed E-state index contributed by atoms with van der Waals surface area (Å²) in [5.41, 5.74) is -3.42. The van der Waals surface area contributed by atoms with Crippen LogP contribution in [0, 0.1) is 29.3 Å². The highest BCUT2D eigenvalue weighted by Crippen LogP contribution is 2.47. The number of rotatable bonds is 8. The van der Waals surface area contributed by atoms with Gasteiger partial charge in [0.05, 0.1) is 32.5 Å². The van der Waals surface area contributed by atoms with Crippen LogP contribution in [-0.4, -0.2) is 52.2 Å². The van der Waals surface area contributed by atoms with Crippen LogP contribution in [0.15, 0.2) is 35.2 Å². The molecule has 0 spiro atoms. The molecule has 12 heteroatoms. The number of benzene rings is 2. The van der Waals surface area contributed by atoms with Crippen LogP contribution in [0.4, 0.5) is 18.9 Å². The molecule has 2 unspecified atom stereocenters. The van der Waals surface area contributed by atoms with Crippen molar-refractivity contribution < 1.29 is 41.7 Å². The molecule has 0 saturated heterocycles. The van der Waals surface area contributed by atoms with Crippen LogP contribution < -0.4 is 5.32 Å². The third-order valence-corrected chi connectivity index (χ3v) is 10.4. The molecule has 0 bridgehead atoms. The van der Waals surface area contributed by atoms with E-state index in [9.17, 15) is 41.7 Å². The Morgan fingerprint density at radius 2 is 1.77 bits per heavy atom. The number of carbonyl (C=O) groups is 1. The fourth-order valence-electron chi connectivity index (χ4n) is 5.19. The van der Waals surface area contributed by atoms with Crippen molar-refractivity contribution in [3.63, 3.8) is 0 Å². The van der Waals surface area contributed by atoms with E-state index >= 15 is 0 Å². The molecule has 1 aliphatic rings. The maximum Gasteiger partial charge on any atom is 0.255 e. The quantitative estimate of drug-likeness (QED) is 0.325. The first kappa shape index (κ1) is 31.3. The van der Waals surface area contributed by atoms with Crippen molar-refractivity contribution in [1.29, 1.82) is 0 Å². The highest BCUT2D eigenvalue weighted by molar-refractivity contribution is 7.92. The Labute approximate surface area is 230 Å². The van der Waals surface area contributed by atoms with Crippen molar-refractivity contribution in [3.8, 4) is 0 Å². The maximum atomic E-state index is 13.7. The molecule has 0 aliphatic heterocycles. The molecule has 3 rings (SSSR count). The number of carbonyl (C=O) groups excluding carboxylic acids is 1. The number of aliphatic hydroxyl groups is 3. The minimum atomic E-state index is -4.13. The first-order valence-corrected chi connectivity index (χ1v) is 14.5. The van der Waals surface area contributed by atoms with Crippen molar-refractivity contribution >= 4 is 33.0 Å². The molecule has 4 N–H and O–H groups in total. The second-order valence-corrected chi connectivity index (χ2v) is 13.5. The monoisotopic (exact) mass is 591 g/mol. The smallest absolute Gasteiger partial charge is 0.255 e. The molecule has 1 amide bonds. The van der Waals surface area contributed by atoms with Gasteiger partial charge in [0.15, 0.2) is 27.3 Å². The topological polar surface area (TPSA) is 124 Å². The molecular weight excluding hydrogens is 559 g/mol. The predicted octanol–water partition coefficient (Wildman–Crippen LogP) is 4.86. The van der Waals surface area contributed by atoms with Crippen LogP contribution >= 0.6 is 11.6 Å². The first-order chi connectivity index (χ1) is 17.9. The van der Waals surface area contributed by atoms with E-state index in [2.05, 4.69) is 5.32 Å². The standard InChI is InChI=1S/C27H33ClF3NO6S/c1-5-16-10-18(8-14(2)27(16,36)13-23(33)26(3,4)35)39(37,38)22-9-15(6-7-19(22)28)25(34)32-17-11-20(29)24(31)21(30)12-17/h6-7,9,11-12,14,16,18,23,33,35-36H,5,8,10,13H2,1-4H3,(H,32,34)/t14-,16?,18-,23?,27-/m0/s1. The normalized spacial score (nSPS) is 24.8. The Bertz CT molecular complexity index is 1330. The third-order valence-electron chi connectivity index (χ3n) is 7.73. The lowest BCUT2D eigenvalue weighted by Gasteiger charge is -2.49. The molecule has 1 aliphatic carbocycles. The summed E-state index contributed by atoms with van der Waals surface area (Å²) in [5, 5.41) is 33.3. The van der Waals surface area contributed by atoms with Crippen molar-refractivity contribution in [2.45, 2.75) is 80.8 Å². The van der Waals surface area contributed by atoms with E-state index in [4.69, 9.17) is 11.6 Å². The third kappa shape index (κ3) is 6.43. The second kappa shape index (κ2) is 11.4. The summed E-state index contributed by atoms with van der Waals surface area (Å²) < 4.78 is 67.8. The van der Waals surface area contributed by atoms with Crippen LogP contribution in [0.3, 0.4) is 0 Å². The van der Waals surface area contributed by atoms with E-state index in [0.717, 1.165) is 6.07 Å². The minimum Gasteiger partial charge on any atom is -0.390 e. The molecule has 0 heterocycles. The van der Waals surface area contributed by atoms with Gasteiger partial charge in [-0.1, -0.05) is 31.9 Å². The Kier molecular flexibility index (Phi) is 9.13. The van der Waals surface area contributed by atoms with Gasteiger partial charge in [-0.25, -0.2) is 21.6 Å². The van der Waals surface area contributed by atoms with Crippen LogP contribution in [0.25, 0.3) is 0 Å². The Morgan fingerprint density at radius 1 is 1.18 bits per heavy atom. The number of nitrogens with one attached hydrogen (secondary N) is 1. The summed E-state index contributed by atoms with van der Waals surface area (Å²) in [5.74, 6) is -6.69. The van der Waals surface area contributed by atoms with Gasteiger partial charge in [-0.2, -0.15) is 0 Å². The number of hydrogen-bond acceptors (Lipinski definition) is 6. The fourth-order valence-corrected chi connectivity index (χ4v) is 7.65. The number of sulfone groups is 1. The average molecular weight is 592 g/mol. The summed E-state index contributed by atoms with van der Waals surface area (Å²) in [6, 6.07) is 4.70. The number of anilines is 1. The first-order valence-electron chi connectivity index (χ1n) is 12.5. The zero-order chi connectivity index (χ0) is 29.5. The van der Waals surface area contributed by atoms with Gasteiger partial charge >= 0.3 is 0 Å². The van der Waals surface area contributed by atoms with Crippen molar-refractivity contribution in [1.82, 2.24) is 0 Å². The molecule has 2 aromatic rings. The van der Waals surface area contributed by atoms with Crippen LogP contribution in [-0.2, 0) is 9.84 Å². The highest BCUT2D eigenvalue weighted by atomic mass is 35.5. The van der Waals surface area contributed by atoms with E-state index in [1.807, 2.05) is 0 Å².